The van der Waals surface area contributed by atoms with Crippen LogP contribution in [0.3, 0.4) is 0 Å². The number of aromatic nitrogens is 1. The predicted molar refractivity (Wildman–Crippen MR) is 75.6 cm³/mol. The van der Waals surface area contributed by atoms with Gasteiger partial charge < -0.3 is 5.11 Å². The average Bonchev–Trinajstić information content (AvgIpc) is 2.39. The van der Waals surface area contributed by atoms with Gasteiger partial charge in [-0.1, -0.05) is 50.5 Å². The summed E-state index contributed by atoms with van der Waals surface area (Å²) >= 11 is 0. The molecule has 18 heavy (non-hydrogen) atoms. The van der Waals surface area contributed by atoms with Gasteiger partial charge in [0.25, 0.3) is 0 Å². The Labute approximate surface area is 109 Å². The number of rotatable bonds is 5. The van der Waals surface area contributed by atoms with Crippen molar-refractivity contribution in [2.45, 2.75) is 45.6 Å². The zero-order valence-corrected chi connectivity index (χ0v) is 11.2. The number of benzene rings is 1. The highest BCUT2D eigenvalue weighted by atomic mass is 16.3. The van der Waals surface area contributed by atoms with Gasteiger partial charge >= 0.3 is 0 Å². The first kappa shape index (κ1) is 13.0. The van der Waals surface area contributed by atoms with E-state index in [9.17, 15) is 5.11 Å². The van der Waals surface area contributed by atoms with Crippen LogP contribution in [0.5, 0.6) is 0 Å². The van der Waals surface area contributed by atoms with Crippen molar-refractivity contribution in [1.82, 2.24) is 4.98 Å². The maximum absolute atomic E-state index is 10.3. The van der Waals surface area contributed by atoms with Gasteiger partial charge in [-0.05, 0) is 24.3 Å². The molecule has 2 nitrogen and oxygen atoms in total. The zero-order valence-electron chi connectivity index (χ0n) is 11.2. The number of pyridine rings is 1. The van der Waals surface area contributed by atoms with Crippen LogP contribution in [0.1, 0.15) is 50.0 Å². The molecule has 2 aromatic rings. The molecule has 0 aliphatic carbocycles. The van der Waals surface area contributed by atoms with E-state index in [4.69, 9.17) is 0 Å². The van der Waals surface area contributed by atoms with Crippen molar-refractivity contribution >= 4 is 10.8 Å². The average molecular weight is 243 g/mol. The lowest BCUT2D eigenvalue weighted by Gasteiger charge is -2.13. The number of hydrogen-bond acceptors (Lipinski definition) is 2. The monoisotopic (exact) mass is 243 g/mol. The van der Waals surface area contributed by atoms with Crippen molar-refractivity contribution in [2.75, 3.05) is 0 Å². The van der Waals surface area contributed by atoms with E-state index in [1.807, 2.05) is 24.4 Å². The van der Waals surface area contributed by atoms with Crippen molar-refractivity contribution in [2.24, 2.45) is 0 Å². The summed E-state index contributed by atoms with van der Waals surface area (Å²) in [5, 5.41) is 12.5. The number of unbranched alkanes of at least 4 members (excludes halogenated alkanes) is 2. The van der Waals surface area contributed by atoms with Gasteiger partial charge in [-0.25, -0.2) is 0 Å². The summed E-state index contributed by atoms with van der Waals surface area (Å²) < 4.78 is 0. The second-order valence-electron chi connectivity index (χ2n) is 4.88. The molecule has 0 aliphatic heterocycles. The topological polar surface area (TPSA) is 33.1 Å². The third-order valence-corrected chi connectivity index (χ3v) is 3.42. The lowest BCUT2D eigenvalue weighted by molar-refractivity contribution is 0.160. The van der Waals surface area contributed by atoms with Gasteiger partial charge in [-0.15, -0.1) is 0 Å². The highest BCUT2D eigenvalue weighted by Gasteiger charge is 2.13. The van der Waals surface area contributed by atoms with Crippen LogP contribution >= 0.6 is 0 Å². The third kappa shape index (κ3) is 2.70. The SMILES string of the molecule is CCCCC[C@@H](O)c1ncc(C)c2ccccc12. The molecule has 1 N–H and O–H groups in total. The van der Waals surface area contributed by atoms with Gasteiger partial charge in [-0.3, -0.25) is 4.98 Å². The van der Waals surface area contributed by atoms with E-state index in [2.05, 4.69) is 24.9 Å². The van der Waals surface area contributed by atoms with Crippen LogP contribution in [0.4, 0.5) is 0 Å². The maximum atomic E-state index is 10.3. The summed E-state index contributed by atoms with van der Waals surface area (Å²) in [5.74, 6) is 0. The standard InChI is InChI=1S/C16H21NO/c1-3-4-5-10-15(18)16-14-9-7-6-8-13(14)12(2)11-17-16/h6-9,11,15,18H,3-5,10H2,1-2H3/t15-/m1/s1. The first-order valence-corrected chi connectivity index (χ1v) is 6.76. The molecular formula is C16H21NO. The Morgan fingerprint density at radius 2 is 1.89 bits per heavy atom. The smallest absolute Gasteiger partial charge is 0.0966 e. The number of aliphatic hydroxyl groups excluding tert-OH is 1. The summed E-state index contributed by atoms with van der Waals surface area (Å²) in [6, 6.07) is 8.18. The van der Waals surface area contributed by atoms with E-state index >= 15 is 0 Å². The molecule has 0 spiro atoms. The Morgan fingerprint density at radius 1 is 1.17 bits per heavy atom. The maximum Gasteiger partial charge on any atom is 0.0966 e. The highest BCUT2D eigenvalue weighted by molar-refractivity contribution is 5.87. The normalized spacial score (nSPS) is 12.8. The van der Waals surface area contributed by atoms with E-state index in [-0.39, 0.29) is 0 Å². The third-order valence-electron chi connectivity index (χ3n) is 3.42. The molecular weight excluding hydrogens is 222 g/mol. The van der Waals surface area contributed by atoms with Crippen LogP contribution in [-0.2, 0) is 0 Å². The van der Waals surface area contributed by atoms with Crippen molar-refractivity contribution in [3.05, 3.63) is 41.7 Å². The Kier molecular flexibility index (Phi) is 4.32. The minimum Gasteiger partial charge on any atom is -0.387 e. The molecule has 2 rings (SSSR count). The van der Waals surface area contributed by atoms with E-state index in [1.165, 1.54) is 18.2 Å². The van der Waals surface area contributed by atoms with Gasteiger partial charge in [0.2, 0.25) is 0 Å². The van der Waals surface area contributed by atoms with Crippen molar-refractivity contribution in [3.8, 4) is 0 Å². The molecule has 0 unspecified atom stereocenters. The van der Waals surface area contributed by atoms with Gasteiger partial charge in [0.1, 0.15) is 0 Å². The zero-order chi connectivity index (χ0) is 13.0. The van der Waals surface area contributed by atoms with Crippen LogP contribution in [0.2, 0.25) is 0 Å². The molecule has 1 atom stereocenters. The molecule has 2 heteroatoms. The summed E-state index contributed by atoms with van der Waals surface area (Å²) in [5.41, 5.74) is 1.99. The molecule has 0 saturated heterocycles. The lowest BCUT2D eigenvalue weighted by Crippen LogP contribution is -2.02. The van der Waals surface area contributed by atoms with Crippen molar-refractivity contribution in [3.63, 3.8) is 0 Å². The summed E-state index contributed by atoms with van der Waals surface area (Å²) in [6.07, 6.45) is 5.62. The minimum absolute atomic E-state index is 0.443. The molecule has 0 aliphatic rings. The Bertz CT molecular complexity index is 521. The molecule has 0 radical (unpaired) electrons. The second-order valence-corrected chi connectivity index (χ2v) is 4.88. The minimum atomic E-state index is -0.443. The van der Waals surface area contributed by atoms with Gasteiger partial charge in [0, 0.05) is 11.6 Å². The van der Waals surface area contributed by atoms with E-state index in [0.29, 0.717) is 0 Å². The van der Waals surface area contributed by atoms with Gasteiger partial charge in [-0.2, -0.15) is 0 Å². The van der Waals surface area contributed by atoms with E-state index in [0.717, 1.165) is 29.5 Å². The fourth-order valence-corrected chi connectivity index (χ4v) is 2.35. The molecule has 0 fully saturated rings. The van der Waals surface area contributed by atoms with Crippen molar-refractivity contribution < 1.29 is 5.11 Å². The lowest BCUT2D eigenvalue weighted by atomic mass is 10.0. The molecule has 1 heterocycles. The van der Waals surface area contributed by atoms with E-state index in [1.54, 1.807) is 0 Å². The first-order valence-electron chi connectivity index (χ1n) is 6.76. The molecule has 0 bridgehead atoms. The fraction of sp³-hybridized carbons (Fsp3) is 0.438. The number of aryl methyl sites for hydroxylation is 1. The van der Waals surface area contributed by atoms with Crippen LogP contribution in [0, 0.1) is 6.92 Å². The Hall–Kier alpha value is -1.41. The Balaban J connectivity index is 2.30. The molecule has 0 saturated carbocycles. The van der Waals surface area contributed by atoms with Crippen LogP contribution in [-0.4, -0.2) is 10.1 Å². The summed E-state index contributed by atoms with van der Waals surface area (Å²) in [6.45, 7) is 4.23. The Morgan fingerprint density at radius 3 is 2.61 bits per heavy atom. The molecule has 0 amide bonds. The number of fused-ring (bicyclic) bond motifs is 1. The summed E-state index contributed by atoms with van der Waals surface area (Å²) in [7, 11) is 0. The van der Waals surface area contributed by atoms with Gasteiger partial charge in [0.15, 0.2) is 0 Å². The largest absolute Gasteiger partial charge is 0.387 e. The van der Waals surface area contributed by atoms with Crippen molar-refractivity contribution in [1.29, 1.82) is 0 Å². The number of hydrogen-bond donors (Lipinski definition) is 1. The van der Waals surface area contributed by atoms with Gasteiger partial charge in [0.05, 0.1) is 11.8 Å². The fourth-order valence-electron chi connectivity index (χ4n) is 2.35. The molecule has 1 aromatic carbocycles. The molecule has 96 valence electrons. The quantitative estimate of drug-likeness (QED) is 0.800. The first-order chi connectivity index (χ1) is 8.74. The van der Waals surface area contributed by atoms with Crippen LogP contribution < -0.4 is 0 Å². The number of nitrogens with zero attached hydrogens (tertiary/aromatic N) is 1. The van der Waals surface area contributed by atoms with E-state index < -0.39 is 6.10 Å². The molecule has 1 aromatic heterocycles. The second kappa shape index (κ2) is 5.96. The number of aliphatic hydroxyl groups is 1. The summed E-state index contributed by atoms with van der Waals surface area (Å²) in [4.78, 5) is 4.44. The highest BCUT2D eigenvalue weighted by Crippen LogP contribution is 2.27. The predicted octanol–water partition coefficient (Wildman–Crippen LogP) is 4.16. The van der Waals surface area contributed by atoms with Crippen LogP contribution in [0.15, 0.2) is 30.5 Å². The van der Waals surface area contributed by atoms with Crippen LogP contribution in [0.25, 0.3) is 10.8 Å².